The van der Waals surface area contributed by atoms with Gasteiger partial charge in [-0.2, -0.15) is 5.10 Å². The van der Waals surface area contributed by atoms with Crippen LogP contribution in [0.5, 0.6) is 5.75 Å². The molecule has 2 N–H and O–H groups in total. The summed E-state index contributed by atoms with van der Waals surface area (Å²) in [6, 6.07) is 20.0. The average molecular weight is 379 g/mol. The molecule has 0 unspecified atom stereocenters. The molecule has 0 atom stereocenters. The molecule has 27 heavy (non-hydrogen) atoms. The van der Waals surface area contributed by atoms with Crippen LogP contribution in [-0.2, 0) is 10.0 Å². The Hall–Kier alpha value is -3.16. The standard InChI is InChI=1S/C20H17N3O3S/c1-26-16-9-5-14(6-10-16)19-18-4-2-3-13-23(18)22-20(19)15-7-11-17(12-8-15)27(21,24)25/h2-13H,1H3,(H2,21,24,25). The van der Waals surface area contributed by atoms with Crippen molar-refractivity contribution in [1.29, 1.82) is 0 Å². The van der Waals surface area contributed by atoms with Crippen LogP contribution >= 0.6 is 0 Å². The lowest BCUT2D eigenvalue weighted by Gasteiger charge is -2.06. The van der Waals surface area contributed by atoms with Crippen LogP contribution in [0.3, 0.4) is 0 Å². The largest absolute Gasteiger partial charge is 0.497 e. The molecule has 0 fully saturated rings. The number of hydrogen-bond acceptors (Lipinski definition) is 4. The zero-order valence-electron chi connectivity index (χ0n) is 14.5. The Morgan fingerprint density at radius 2 is 1.59 bits per heavy atom. The van der Waals surface area contributed by atoms with Crippen molar-refractivity contribution >= 4 is 15.5 Å². The second kappa shape index (κ2) is 6.53. The van der Waals surface area contributed by atoms with E-state index in [4.69, 9.17) is 15.0 Å². The molecule has 2 aromatic heterocycles. The molecule has 0 saturated heterocycles. The third-order valence-electron chi connectivity index (χ3n) is 4.37. The van der Waals surface area contributed by atoms with E-state index in [1.54, 1.807) is 19.2 Å². The zero-order chi connectivity index (χ0) is 19.0. The van der Waals surface area contributed by atoms with Crippen molar-refractivity contribution in [3.8, 4) is 28.1 Å². The summed E-state index contributed by atoms with van der Waals surface area (Å²) < 4.78 is 30.1. The van der Waals surface area contributed by atoms with Gasteiger partial charge in [-0.25, -0.2) is 18.1 Å². The highest BCUT2D eigenvalue weighted by molar-refractivity contribution is 7.89. The molecule has 0 saturated carbocycles. The summed E-state index contributed by atoms with van der Waals surface area (Å²) in [5.74, 6) is 0.772. The molecule has 7 heteroatoms. The van der Waals surface area contributed by atoms with Gasteiger partial charge in [-0.1, -0.05) is 30.3 Å². The molecule has 0 amide bonds. The molecule has 2 aromatic carbocycles. The minimum absolute atomic E-state index is 0.0704. The molecule has 0 aliphatic carbocycles. The first-order chi connectivity index (χ1) is 13.0. The number of hydrogen-bond donors (Lipinski definition) is 1. The Labute approximate surface area is 156 Å². The second-order valence-corrected chi connectivity index (χ2v) is 7.61. The van der Waals surface area contributed by atoms with Crippen molar-refractivity contribution in [3.63, 3.8) is 0 Å². The smallest absolute Gasteiger partial charge is 0.238 e. The maximum absolute atomic E-state index is 11.5. The molecule has 0 aliphatic heterocycles. The maximum Gasteiger partial charge on any atom is 0.238 e. The number of fused-ring (bicyclic) bond motifs is 1. The van der Waals surface area contributed by atoms with E-state index in [1.165, 1.54) is 12.1 Å². The molecule has 0 spiro atoms. The molecule has 6 nitrogen and oxygen atoms in total. The van der Waals surface area contributed by atoms with Gasteiger partial charge < -0.3 is 4.74 Å². The maximum atomic E-state index is 11.5. The first-order valence-electron chi connectivity index (χ1n) is 8.22. The van der Waals surface area contributed by atoms with Crippen molar-refractivity contribution in [1.82, 2.24) is 9.61 Å². The van der Waals surface area contributed by atoms with Gasteiger partial charge in [0, 0.05) is 17.3 Å². The molecule has 0 bridgehead atoms. The van der Waals surface area contributed by atoms with E-state index in [0.717, 1.165) is 33.7 Å². The Morgan fingerprint density at radius 3 is 2.22 bits per heavy atom. The molecular formula is C20H17N3O3S. The SMILES string of the molecule is COc1ccc(-c2c(-c3ccc(S(N)(=O)=O)cc3)nn3ccccc23)cc1. The van der Waals surface area contributed by atoms with Gasteiger partial charge in [-0.05, 0) is 42.0 Å². The van der Waals surface area contributed by atoms with Crippen LogP contribution in [0.1, 0.15) is 0 Å². The van der Waals surface area contributed by atoms with Gasteiger partial charge in [-0.3, -0.25) is 0 Å². The summed E-state index contributed by atoms with van der Waals surface area (Å²) in [4.78, 5) is 0.0704. The fraction of sp³-hybridized carbons (Fsp3) is 0.0500. The highest BCUT2D eigenvalue weighted by atomic mass is 32.2. The van der Waals surface area contributed by atoms with E-state index in [1.807, 2.05) is 53.2 Å². The number of sulfonamides is 1. The molecule has 0 aliphatic rings. The number of nitrogens with zero attached hydrogens (tertiary/aromatic N) is 2. The second-order valence-electron chi connectivity index (χ2n) is 6.05. The number of nitrogens with two attached hydrogens (primary N) is 1. The van der Waals surface area contributed by atoms with E-state index in [2.05, 4.69) is 0 Å². The summed E-state index contributed by atoms with van der Waals surface area (Å²) in [5, 5.41) is 9.89. The van der Waals surface area contributed by atoms with Crippen LogP contribution in [-0.4, -0.2) is 25.1 Å². The lowest BCUT2D eigenvalue weighted by atomic mass is 10.00. The first-order valence-corrected chi connectivity index (χ1v) is 9.77. The Kier molecular flexibility index (Phi) is 4.18. The number of aromatic nitrogens is 2. The highest BCUT2D eigenvalue weighted by Crippen LogP contribution is 2.36. The quantitative estimate of drug-likeness (QED) is 0.589. The van der Waals surface area contributed by atoms with E-state index in [9.17, 15) is 8.42 Å². The van der Waals surface area contributed by atoms with Gasteiger partial charge in [0.25, 0.3) is 0 Å². The van der Waals surface area contributed by atoms with Crippen LogP contribution in [0, 0.1) is 0 Å². The van der Waals surface area contributed by atoms with Crippen molar-refractivity contribution in [3.05, 3.63) is 72.9 Å². The summed E-state index contributed by atoms with van der Waals surface area (Å²) in [6.07, 6.45) is 1.88. The number of ether oxygens (including phenoxy) is 1. The lowest BCUT2D eigenvalue weighted by molar-refractivity contribution is 0.415. The minimum Gasteiger partial charge on any atom is -0.497 e. The number of pyridine rings is 1. The zero-order valence-corrected chi connectivity index (χ0v) is 15.3. The summed E-state index contributed by atoms with van der Waals surface area (Å²) >= 11 is 0. The van der Waals surface area contributed by atoms with Crippen molar-refractivity contribution in [2.75, 3.05) is 7.11 Å². The van der Waals surface area contributed by atoms with Gasteiger partial charge in [0.2, 0.25) is 10.0 Å². The fourth-order valence-corrected chi connectivity index (χ4v) is 3.56. The molecular weight excluding hydrogens is 362 g/mol. The van der Waals surface area contributed by atoms with Gasteiger partial charge in [0.05, 0.1) is 17.5 Å². The third kappa shape index (κ3) is 3.18. The number of primary sulfonamides is 1. The third-order valence-corrected chi connectivity index (χ3v) is 5.30. The van der Waals surface area contributed by atoms with Gasteiger partial charge >= 0.3 is 0 Å². The van der Waals surface area contributed by atoms with Crippen molar-refractivity contribution in [2.24, 2.45) is 5.14 Å². The van der Waals surface area contributed by atoms with Crippen LogP contribution in [0.2, 0.25) is 0 Å². The van der Waals surface area contributed by atoms with Crippen LogP contribution in [0.15, 0.2) is 77.8 Å². The predicted molar refractivity (Wildman–Crippen MR) is 104 cm³/mol. The van der Waals surface area contributed by atoms with Gasteiger partial charge in [-0.15, -0.1) is 0 Å². The summed E-state index contributed by atoms with van der Waals surface area (Å²) in [7, 11) is -2.11. The molecule has 2 heterocycles. The normalized spacial score (nSPS) is 11.6. The van der Waals surface area contributed by atoms with E-state index < -0.39 is 10.0 Å². The van der Waals surface area contributed by atoms with Gasteiger partial charge in [0.1, 0.15) is 11.4 Å². The summed E-state index contributed by atoms with van der Waals surface area (Å²) in [5.41, 5.74) is 4.46. The lowest BCUT2D eigenvalue weighted by Crippen LogP contribution is -2.11. The van der Waals surface area contributed by atoms with E-state index >= 15 is 0 Å². The monoisotopic (exact) mass is 379 g/mol. The van der Waals surface area contributed by atoms with Crippen molar-refractivity contribution in [2.45, 2.75) is 4.90 Å². The van der Waals surface area contributed by atoms with Crippen LogP contribution in [0.25, 0.3) is 27.9 Å². The average Bonchev–Trinajstić information content (AvgIpc) is 3.07. The minimum atomic E-state index is -3.74. The number of rotatable bonds is 4. The number of methoxy groups -OCH3 is 1. The Bertz CT molecular complexity index is 1210. The first kappa shape index (κ1) is 17.3. The van der Waals surface area contributed by atoms with Crippen LogP contribution < -0.4 is 9.88 Å². The molecule has 4 rings (SSSR count). The molecule has 4 aromatic rings. The topological polar surface area (TPSA) is 86.7 Å². The predicted octanol–water partition coefficient (Wildman–Crippen LogP) is 3.32. The Morgan fingerprint density at radius 1 is 0.926 bits per heavy atom. The Balaban J connectivity index is 1.92. The fourth-order valence-electron chi connectivity index (χ4n) is 3.05. The van der Waals surface area contributed by atoms with E-state index in [-0.39, 0.29) is 4.90 Å². The molecule has 136 valence electrons. The van der Waals surface area contributed by atoms with Gasteiger partial charge in [0.15, 0.2) is 0 Å². The van der Waals surface area contributed by atoms with Crippen molar-refractivity contribution < 1.29 is 13.2 Å². The highest BCUT2D eigenvalue weighted by Gasteiger charge is 2.17. The van der Waals surface area contributed by atoms with Crippen LogP contribution in [0.4, 0.5) is 0 Å². The number of benzene rings is 2. The van der Waals surface area contributed by atoms with E-state index in [0.29, 0.717) is 0 Å². The summed E-state index contributed by atoms with van der Waals surface area (Å²) in [6.45, 7) is 0. The molecule has 0 radical (unpaired) electrons.